The second-order valence-electron chi connectivity index (χ2n) is 5.88. The molecule has 0 saturated carbocycles. The minimum absolute atomic E-state index is 0.123. The van der Waals surface area contributed by atoms with Crippen molar-refractivity contribution < 1.29 is 4.39 Å². The minimum atomic E-state index is -0.208. The van der Waals surface area contributed by atoms with Crippen LogP contribution in [0.3, 0.4) is 0 Å². The molecule has 0 heterocycles. The van der Waals surface area contributed by atoms with Gasteiger partial charge in [0.2, 0.25) is 0 Å². The number of unbranched alkanes of at least 4 members (excludes halogenated alkanes) is 1. The fraction of sp³-hybridized carbons (Fsp3) is 0.611. The number of benzene rings is 1. The molecule has 1 aromatic carbocycles. The Morgan fingerprint density at radius 1 is 1.21 bits per heavy atom. The number of nitrogens with zero attached hydrogens (tertiary/aromatic N) is 2. The average Bonchev–Trinajstić information content (AvgIpc) is 2.56. The maximum absolute atomic E-state index is 13.1. The molecular formula is C18H31FN4S. The number of hydrogen-bond donors (Lipinski definition) is 2. The fourth-order valence-corrected chi connectivity index (χ4v) is 2.84. The van der Waals surface area contributed by atoms with Gasteiger partial charge in [-0.2, -0.15) is 11.8 Å². The molecule has 0 fully saturated rings. The van der Waals surface area contributed by atoms with Gasteiger partial charge >= 0.3 is 0 Å². The van der Waals surface area contributed by atoms with Gasteiger partial charge in [0.25, 0.3) is 0 Å². The zero-order chi connectivity index (χ0) is 17.8. The molecule has 0 amide bonds. The number of aliphatic imine (C=N–C) groups is 1. The number of nitrogens with one attached hydrogen (secondary N) is 2. The van der Waals surface area contributed by atoms with Crippen molar-refractivity contribution in [2.24, 2.45) is 4.99 Å². The molecule has 4 nitrogen and oxygen atoms in total. The number of thioether (sulfide) groups is 1. The largest absolute Gasteiger partial charge is 0.357 e. The van der Waals surface area contributed by atoms with Gasteiger partial charge in [0.1, 0.15) is 5.82 Å². The molecule has 0 bridgehead atoms. The normalized spacial score (nSPS) is 13.2. The first-order valence-electron chi connectivity index (χ1n) is 8.51. The standard InChI is InChI=1S/C18H31FN4S/c1-5-20-18(21-12-6-7-13-24-4)22-14-17(23(2)3)15-8-10-16(19)11-9-15/h8-11,17H,5-7,12-14H2,1-4H3,(H2,20,21,22). The molecule has 0 aliphatic heterocycles. The van der Waals surface area contributed by atoms with E-state index in [9.17, 15) is 4.39 Å². The van der Waals surface area contributed by atoms with E-state index in [0.29, 0.717) is 6.54 Å². The summed E-state index contributed by atoms with van der Waals surface area (Å²) in [6.07, 6.45) is 4.49. The Balaban J connectivity index is 2.64. The Morgan fingerprint density at radius 3 is 2.50 bits per heavy atom. The van der Waals surface area contributed by atoms with Crippen LogP contribution in [-0.4, -0.2) is 56.6 Å². The van der Waals surface area contributed by atoms with E-state index in [1.165, 1.54) is 24.3 Å². The van der Waals surface area contributed by atoms with Crippen molar-refractivity contribution in [3.63, 3.8) is 0 Å². The van der Waals surface area contributed by atoms with Crippen LogP contribution in [0.5, 0.6) is 0 Å². The number of halogens is 1. The predicted octanol–water partition coefficient (Wildman–Crippen LogP) is 3.13. The Morgan fingerprint density at radius 2 is 1.92 bits per heavy atom. The van der Waals surface area contributed by atoms with Crippen molar-refractivity contribution in [1.29, 1.82) is 0 Å². The molecule has 1 aromatic rings. The predicted molar refractivity (Wildman–Crippen MR) is 104 cm³/mol. The smallest absolute Gasteiger partial charge is 0.191 e. The lowest BCUT2D eigenvalue weighted by molar-refractivity contribution is 0.306. The van der Waals surface area contributed by atoms with Crippen LogP contribution >= 0.6 is 11.8 Å². The van der Waals surface area contributed by atoms with Crippen molar-refractivity contribution in [3.8, 4) is 0 Å². The summed E-state index contributed by atoms with van der Waals surface area (Å²) < 4.78 is 13.1. The van der Waals surface area contributed by atoms with E-state index in [4.69, 9.17) is 4.99 Å². The third-order valence-electron chi connectivity index (χ3n) is 3.71. The molecule has 0 radical (unpaired) electrons. The Labute approximate surface area is 150 Å². The van der Waals surface area contributed by atoms with Crippen molar-refractivity contribution in [2.45, 2.75) is 25.8 Å². The molecule has 0 aliphatic rings. The lowest BCUT2D eigenvalue weighted by atomic mass is 10.1. The van der Waals surface area contributed by atoms with E-state index in [1.807, 2.05) is 38.0 Å². The summed E-state index contributed by atoms with van der Waals surface area (Å²) in [4.78, 5) is 6.82. The van der Waals surface area contributed by atoms with Crippen LogP contribution in [-0.2, 0) is 0 Å². The first-order valence-corrected chi connectivity index (χ1v) is 9.90. The van der Waals surface area contributed by atoms with E-state index in [2.05, 4.69) is 28.7 Å². The molecule has 0 aromatic heterocycles. The van der Waals surface area contributed by atoms with Crippen molar-refractivity contribution in [1.82, 2.24) is 15.5 Å². The fourth-order valence-electron chi connectivity index (χ4n) is 2.35. The Hall–Kier alpha value is -1.27. The van der Waals surface area contributed by atoms with Crippen molar-refractivity contribution in [2.75, 3.05) is 45.7 Å². The maximum Gasteiger partial charge on any atom is 0.191 e. The lowest BCUT2D eigenvalue weighted by Gasteiger charge is -2.23. The SMILES string of the molecule is CCNC(=NCC(c1ccc(F)cc1)N(C)C)NCCCCSC. The van der Waals surface area contributed by atoms with Crippen LogP contribution in [0, 0.1) is 5.82 Å². The maximum atomic E-state index is 13.1. The first-order chi connectivity index (χ1) is 11.6. The Kier molecular flexibility index (Phi) is 10.5. The second-order valence-corrected chi connectivity index (χ2v) is 6.86. The zero-order valence-electron chi connectivity index (χ0n) is 15.3. The summed E-state index contributed by atoms with van der Waals surface area (Å²) in [5.74, 6) is 1.83. The van der Waals surface area contributed by atoms with Gasteiger partial charge in [-0.25, -0.2) is 4.39 Å². The number of hydrogen-bond acceptors (Lipinski definition) is 3. The molecule has 1 unspecified atom stereocenters. The number of likely N-dealkylation sites (N-methyl/N-ethyl adjacent to an activating group) is 1. The highest BCUT2D eigenvalue weighted by Crippen LogP contribution is 2.18. The summed E-state index contributed by atoms with van der Waals surface area (Å²) in [6, 6.07) is 6.80. The number of rotatable bonds is 10. The highest BCUT2D eigenvalue weighted by atomic mass is 32.2. The van der Waals surface area contributed by atoms with Gasteiger partial charge in [0.05, 0.1) is 12.6 Å². The molecule has 0 saturated heterocycles. The molecule has 24 heavy (non-hydrogen) atoms. The third-order valence-corrected chi connectivity index (χ3v) is 4.41. The topological polar surface area (TPSA) is 39.7 Å². The summed E-state index contributed by atoms with van der Waals surface area (Å²) in [7, 11) is 4.04. The van der Waals surface area contributed by atoms with Gasteiger partial charge in [-0.05, 0) is 63.6 Å². The van der Waals surface area contributed by atoms with Crippen LogP contribution in [0.25, 0.3) is 0 Å². The van der Waals surface area contributed by atoms with Crippen molar-refractivity contribution in [3.05, 3.63) is 35.6 Å². The van der Waals surface area contributed by atoms with Gasteiger partial charge < -0.3 is 15.5 Å². The molecule has 1 atom stereocenters. The number of guanidine groups is 1. The molecular weight excluding hydrogens is 323 g/mol. The van der Waals surface area contributed by atoms with Crippen LogP contribution in [0.4, 0.5) is 4.39 Å². The van der Waals surface area contributed by atoms with Crippen LogP contribution < -0.4 is 10.6 Å². The molecule has 6 heteroatoms. The minimum Gasteiger partial charge on any atom is -0.357 e. The van der Waals surface area contributed by atoms with Gasteiger partial charge in [0, 0.05) is 13.1 Å². The summed E-state index contributed by atoms with van der Waals surface area (Å²) >= 11 is 1.88. The summed E-state index contributed by atoms with van der Waals surface area (Å²) in [5, 5.41) is 6.67. The zero-order valence-corrected chi connectivity index (χ0v) is 16.1. The quantitative estimate of drug-likeness (QED) is 0.385. The third kappa shape index (κ3) is 8.02. The lowest BCUT2D eigenvalue weighted by Crippen LogP contribution is -2.38. The first kappa shape index (κ1) is 20.8. The van der Waals surface area contributed by atoms with E-state index in [1.54, 1.807) is 0 Å². The molecule has 136 valence electrons. The van der Waals surface area contributed by atoms with Gasteiger partial charge in [-0.1, -0.05) is 12.1 Å². The average molecular weight is 355 g/mol. The van der Waals surface area contributed by atoms with Gasteiger partial charge in [-0.3, -0.25) is 4.99 Å². The van der Waals surface area contributed by atoms with Crippen LogP contribution in [0.1, 0.15) is 31.4 Å². The van der Waals surface area contributed by atoms with Crippen LogP contribution in [0.2, 0.25) is 0 Å². The van der Waals surface area contributed by atoms with E-state index >= 15 is 0 Å². The second kappa shape index (κ2) is 12.1. The summed E-state index contributed by atoms with van der Waals surface area (Å²) in [6.45, 7) is 4.45. The highest BCUT2D eigenvalue weighted by Gasteiger charge is 2.14. The molecule has 2 N–H and O–H groups in total. The monoisotopic (exact) mass is 354 g/mol. The van der Waals surface area contributed by atoms with E-state index in [0.717, 1.165) is 31.0 Å². The van der Waals surface area contributed by atoms with E-state index in [-0.39, 0.29) is 11.9 Å². The molecule has 0 spiro atoms. The van der Waals surface area contributed by atoms with Crippen molar-refractivity contribution >= 4 is 17.7 Å². The highest BCUT2D eigenvalue weighted by molar-refractivity contribution is 7.98. The van der Waals surface area contributed by atoms with Crippen LogP contribution in [0.15, 0.2) is 29.3 Å². The molecule has 0 aliphatic carbocycles. The van der Waals surface area contributed by atoms with Gasteiger partial charge in [0.15, 0.2) is 5.96 Å². The van der Waals surface area contributed by atoms with Gasteiger partial charge in [-0.15, -0.1) is 0 Å². The molecule has 1 rings (SSSR count). The summed E-state index contributed by atoms with van der Waals surface area (Å²) in [5.41, 5.74) is 1.07. The Bertz CT molecular complexity index is 476. The van der Waals surface area contributed by atoms with E-state index < -0.39 is 0 Å².